The highest BCUT2D eigenvalue weighted by atomic mass is 32.2. The van der Waals surface area contributed by atoms with Crippen molar-refractivity contribution in [2.24, 2.45) is 0 Å². The molecular formula is C16H22O3S. The first-order chi connectivity index (χ1) is 9.50. The van der Waals surface area contributed by atoms with Crippen LogP contribution in [-0.2, 0) is 4.79 Å². The minimum Gasteiger partial charge on any atom is -0.481 e. The van der Waals surface area contributed by atoms with E-state index in [0.29, 0.717) is 0 Å². The molecule has 1 aromatic carbocycles. The highest BCUT2D eigenvalue weighted by molar-refractivity contribution is 8.01. The molecule has 3 atom stereocenters. The van der Waals surface area contributed by atoms with Crippen molar-refractivity contribution in [3.8, 4) is 5.75 Å². The lowest BCUT2D eigenvalue weighted by Crippen LogP contribution is -2.32. The van der Waals surface area contributed by atoms with E-state index in [0.717, 1.165) is 24.2 Å². The van der Waals surface area contributed by atoms with E-state index in [4.69, 9.17) is 4.74 Å². The van der Waals surface area contributed by atoms with E-state index in [9.17, 15) is 9.90 Å². The van der Waals surface area contributed by atoms with Gasteiger partial charge in [-0.25, -0.2) is 0 Å². The lowest BCUT2D eigenvalue weighted by molar-refractivity contribution is -0.122. The van der Waals surface area contributed by atoms with E-state index in [2.05, 4.69) is 13.8 Å². The number of benzene rings is 1. The first kappa shape index (κ1) is 15.4. The highest BCUT2D eigenvalue weighted by Gasteiger charge is 2.41. The summed E-state index contributed by atoms with van der Waals surface area (Å²) in [6, 6.07) is 7.80. The van der Waals surface area contributed by atoms with Crippen LogP contribution in [0.5, 0.6) is 5.75 Å². The summed E-state index contributed by atoms with van der Waals surface area (Å²) in [6.07, 6.45) is 1.47. The molecule has 1 heterocycles. The molecule has 0 amide bonds. The zero-order valence-corrected chi connectivity index (χ0v) is 13.1. The Kier molecular flexibility index (Phi) is 4.76. The van der Waals surface area contributed by atoms with Crippen molar-refractivity contribution in [1.82, 2.24) is 0 Å². The van der Waals surface area contributed by atoms with Gasteiger partial charge in [-0.2, -0.15) is 0 Å². The molecule has 1 N–H and O–H groups in total. The van der Waals surface area contributed by atoms with E-state index in [1.165, 1.54) is 0 Å². The Morgan fingerprint density at radius 2 is 2.15 bits per heavy atom. The van der Waals surface area contributed by atoms with Crippen LogP contribution in [-0.4, -0.2) is 28.3 Å². The molecule has 0 fully saturated rings. The fraction of sp³-hybridized carbons (Fsp3) is 0.562. The lowest BCUT2D eigenvalue weighted by Gasteiger charge is -2.30. The first-order valence-electron chi connectivity index (χ1n) is 7.05. The number of para-hydroxylation sites is 1. The Morgan fingerprint density at radius 3 is 2.75 bits per heavy atom. The van der Waals surface area contributed by atoms with Gasteiger partial charge in [0, 0.05) is 10.3 Å². The van der Waals surface area contributed by atoms with E-state index < -0.39 is 6.10 Å². The van der Waals surface area contributed by atoms with Gasteiger partial charge in [-0.1, -0.05) is 31.5 Å². The Balaban J connectivity index is 2.29. The number of hydrogen-bond acceptors (Lipinski definition) is 4. The van der Waals surface area contributed by atoms with E-state index in [-0.39, 0.29) is 22.4 Å². The molecule has 0 bridgehead atoms. The number of hydrogen-bond donors (Lipinski definition) is 1. The summed E-state index contributed by atoms with van der Waals surface area (Å²) in [5.41, 5.74) is 1.06. The molecule has 0 aromatic heterocycles. The molecule has 0 radical (unpaired) electrons. The minimum absolute atomic E-state index is 0.0348. The van der Waals surface area contributed by atoms with Crippen molar-refractivity contribution in [2.75, 3.05) is 6.61 Å². The molecule has 1 aliphatic rings. The van der Waals surface area contributed by atoms with Gasteiger partial charge in [-0.15, -0.1) is 11.8 Å². The molecule has 0 spiro atoms. The molecule has 2 rings (SSSR count). The number of thioether (sulfide) groups is 1. The van der Waals surface area contributed by atoms with Gasteiger partial charge in [0.2, 0.25) is 0 Å². The van der Waals surface area contributed by atoms with Crippen LogP contribution < -0.4 is 4.74 Å². The topological polar surface area (TPSA) is 46.5 Å². The Hall–Kier alpha value is -1.00. The number of carbonyl (C=O) groups is 1. The molecule has 1 aromatic rings. The van der Waals surface area contributed by atoms with Gasteiger partial charge in [0.1, 0.15) is 5.75 Å². The highest BCUT2D eigenvalue weighted by Crippen LogP contribution is 2.50. The number of aliphatic hydroxyl groups is 1. The largest absolute Gasteiger partial charge is 0.481 e. The summed E-state index contributed by atoms with van der Waals surface area (Å²) >= 11 is 1.66. The molecule has 110 valence electrons. The number of ether oxygens (including phenoxy) is 1. The zero-order chi connectivity index (χ0) is 14.8. The van der Waals surface area contributed by atoms with Crippen molar-refractivity contribution in [2.45, 2.75) is 49.7 Å². The van der Waals surface area contributed by atoms with Gasteiger partial charge in [0.15, 0.2) is 11.9 Å². The lowest BCUT2D eigenvalue weighted by atomic mass is 10.1. The first-order valence-corrected chi connectivity index (χ1v) is 7.93. The van der Waals surface area contributed by atoms with Crippen LogP contribution in [0.3, 0.4) is 0 Å². The van der Waals surface area contributed by atoms with Crippen LogP contribution in [0.4, 0.5) is 0 Å². The smallest absolute Gasteiger partial charge is 0.172 e. The summed E-state index contributed by atoms with van der Waals surface area (Å²) in [5, 5.41) is 9.67. The average Bonchev–Trinajstić information content (AvgIpc) is 2.78. The third-order valence-corrected chi connectivity index (χ3v) is 5.34. The molecule has 4 heteroatoms. The molecule has 20 heavy (non-hydrogen) atoms. The monoisotopic (exact) mass is 294 g/mol. The normalized spacial score (nSPS) is 23.8. The quantitative estimate of drug-likeness (QED) is 0.874. The third kappa shape index (κ3) is 3.01. The maximum Gasteiger partial charge on any atom is 0.172 e. The van der Waals surface area contributed by atoms with Crippen molar-refractivity contribution in [3.63, 3.8) is 0 Å². The molecule has 0 saturated heterocycles. The fourth-order valence-corrected chi connectivity index (χ4v) is 4.32. The zero-order valence-electron chi connectivity index (χ0n) is 12.3. The standard InChI is InChI=1S/C16H22O3S/c1-4-9-16(3,10-17)20-15-12-7-5-6-8-13(12)19-14(15)11(2)18/h5-8,14-15,17H,4,9-10H2,1-3H3. The number of fused-ring (bicyclic) bond motifs is 1. The predicted molar refractivity (Wildman–Crippen MR) is 82.3 cm³/mol. The van der Waals surface area contributed by atoms with E-state index in [1.807, 2.05) is 24.3 Å². The Bertz CT molecular complexity index is 488. The van der Waals surface area contributed by atoms with Crippen LogP contribution in [0.15, 0.2) is 24.3 Å². The molecule has 3 nitrogen and oxygen atoms in total. The van der Waals surface area contributed by atoms with Crippen LogP contribution in [0, 0.1) is 0 Å². The summed E-state index contributed by atoms with van der Waals surface area (Å²) in [7, 11) is 0. The van der Waals surface area contributed by atoms with Gasteiger partial charge in [-0.3, -0.25) is 4.79 Å². The second kappa shape index (κ2) is 6.19. The number of aliphatic hydroxyl groups excluding tert-OH is 1. The Morgan fingerprint density at radius 1 is 1.45 bits per heavy atom. The molecule has 3 unspecified atom stereocenters. The second-order valence-electron chi connectivity index (χ2n) is 5.58. The van der Waals surface area contributed by atoms with Gasteiger partial charge in [0.05, 0.1) is 11.9 Å². The van der Waals surface area contributed by atoms with Crippen molar-refractivity contribution >= 4 is 17.5 Å². The van der Waals surface area contributed by atoms with Gasteiger partial charge >= 0.3 is 0 Å². The number of ketones is 1. The molecular weight excluding hydrogens is 272 g/mol. The fourth-order valence-electron chi connectivity index (χ4n) is 2.62. The van der Waals surface area contributed by atoms with Crippen molar-refractivity contribution in [1.29, 1.82) is 0 Å². The number of Topliss-reactive ketones (excluding diaryl/α,β-unsaturated/α-hetero) is 1. The molecule has 0 saturated carbocycles. The summed E-state index contributed by atoms with van der Waals surface area (Å²) in [4.78, 5) is 11.9. The predicted octanol–water partition coefficient (Wildman–Crippen LogP) is 3.36. The van der Waals surface area contributed by atoms with Crippen LogP contribution >= 0.6 is 11.8 Å². The van der Waals surface area contributed by atoms with Gasteiger partial charge in [-0.05, 0) is 26.3 Å². The summed E-state index contributed by atoms with van der Waals surface area (Å²) in [6.45, 7) is 5.84. The summed E-state index contributed by atoms with van der Waals surface area (Å²) < 4.78 is 5.56. The third-order valence-electron chi connectivity index (χ3n) is 3.68. The number of carbonyl (C=O) groups excluding carboxylic acids is 1. The SMILES string of the molecule is CCCC(C)(CO)SC1c2ccccc2OC1C(C)=O. The minimum atomic E-state index is -0.444. The van der Waals surface area contributed by atoms with Crippen molar-refractivity contribution in [3.05, 3.63) is 29.8 Å². The second-order valence-corrected chi connectivity index (χ2v) is 7.31. The maximum atomic E-state index is 11.9. The summed E-state index contributed by atoms with van der Waals surface area (Å²) in [5.74, 6) is 0.831. The van der Waals surface area contributed by atoms with E-state index >= 15 is 0 Å². The van der Waals surface area contributed by atoms with Crippen LogP contribution in [0.25, 0.3) is 0 Å². The van der Waals surface area contributed by atoms with Crippen molar-refractivity contribution < 1.29 is 14.6 Å². The van der Waals surface area contributed by atoms with Gasteiger partial charge < -0.3 is 9.84 Å². The number of rotatable bonds is 6. The molecule has 0 aliphatic carbocycles. The van der Waals surface area contributed by atoms with E-state index in [1.54, 1.807) is 18.7 Å². The molecule has 1 aliphatic heterocycles. The van der Waals surface area contributed by atoms with Crippen LogP contribution in [0.2, 0.25) is 0 Å². The average molecular weight is 294 g/mol. The Labute approximate surface area is 124 Å². The van der Waals surface area contributed by atoms with Gasteiger partial charge in [0.25, 0.3) is 0 Å². The maximum absolute atomic E-state index is 11.9. The van der Waals surface area contributed by atoms with Crippen LogP contribution in [0.1, 0.15) is 44.4 Å².